The molecule has 0 unspecified atom stereocenters. The Morgan fingerprint density at radius 1 is 0.966 bits per heavy atom. The lowest BCUT2D eigenvalue weighted by Gasteiger charge is -2.10. The van der Waals surface area contributed by atoms with Gasteiger partial charge in [0.1, 0.15) is 11.6 Å². The number of fused-ring (bicyclic) bond motifs is 2. The Labute approximate surface area is 165 Å². The maximum atomic E-state index is 13.4. The SMILES string of the molecule is O=C(NCCc1c[nH]c2ccc(F)cc12)C(=O)Nc1cccc2c(O)cccc12. The average molecular weight is 391 g/mol. The number of phenols is 1. The summed E-state index contributed by atoms with van der Waals surface area (Å²) in [6, 6.07) is 14.5. The van der Waals surface area contributed by atoms with Crippen molar-refractivity contribution in [3.63, 3.8) is 0 Å². The summed E-state index contributed by atoms with van der Waals surface area (Å²) in [6.45, 7) is 0.228. The lowest BCUT2D eigenvalue weighted by Crippen LogP contribution is -2.36. The minimum atomic E-state index is -0.800. The minimum absolute atomic E-state index is 0.0956. The van der Waals surface area contributed by atoms with E-state index in [1.807, 2.05) is 0 Å². The van der Waals surface area contributed by atoms with E-state index in [1.165, 1.54) is 12.1 Å². The van der Waals surface area contributed by atoms with Crippen LogP contribution >= 0.6 is 0 Å². The number of hydrogen-bond acceptors (Lipinski definition) is 3. The molecular formula is C22H18FN3O3. The van der Waals surface area contributed by atoms with Crippen molar-refractivity contribution in [1.29, 1.82) is 0 Å². The van der Waals surface area contributed by atoms with Gasteiger partial charge in [0, 0.05) is 40.1 Å². The molecule has 4 N–H and O–H groups in total. The van der Waals surface area contributed by atoms with Gasteiger partial charge in [0.05, 0.1) is 0 Å². The topological polar surface area (TPSA) is 94.2 Å². The van der Waals surface area contributed by atoms with Crippen molar-refractivity contribution in [3.8, 4) is 5.75 Å². The van der Waals surface area contributed by atoms with Gasteiger partial charge in [-0.15, -0.1) is 0 Å². The van der Waals surface area contributed by atoms with Crippen molar-refractivity contribution < 1.29 is 19.1 Å². The Hall–Kier alpha value is -3.87. The number of halogens is 1. The predicted octanol–water partition coefficient (Wildman–Crippen LogP) is 3.46. The Balaban J connectivity index is 1.39. The van der Waals surface area contributed by atoms with E-state index in [1.54, 1.807) is 48.7 Å². The number of aromatic hydroxyl groups is 1. The van der Waals surface area contributed by atoms with Crippen LogP contribution in [0.4, 0.5) is 10.1 Å². The van der Waals surface area contributed by atoms with E-state index in [2.05, 4.69) is 15.6 Å². The number of carbonyl (C=O) groups is 2. The summed E-state index contributed by atoms with van der Waals surface area (Å²) >= 11 is 0. The van der Waals surface area contributed by atoms with Crippen molar-refractivity contribution in [2.45, 2.75) is 6.42 Å². The van der Waals surface area contributed by atoms with Crippen LogP contribution in [0.5, 0.6) is 5.75 Å². The van der Waals surface area contributed by atoms with E-state index >= 15 is 0 Å². The van der Waals surface area contributed by atoms with Crippen molar-refractivity contribution in [2.75, 3.05) is 11.9 Å². The van der Waals surface area contributed by atoms with Crippen LogP contribution in [0.25, 0.3) is 21.7 Å². The third kappa shape index (κ3) is 3.75. The summed E-state index contributed by atoms with van der Waals surface area (Å²) in [4.78, 5) is 27.5. The highest BCUT2D eigenvalue weighted by Crippen LogP contribution is 2.29. The maximum Gasteiger partial charge on any atom is 0.313 e. The van der Waals surface area contributed by atoms with Crippen LogP contribution in [0.2, 0.25) is 0 Å². The maximum absolute atomic E-state index is 13.4. The zero-order chi connectivity index (χ0) is 20.4. The number of aromatic nitrogens is 1. The van der Waals surface area contributed by atoms with Gasteiger partial charge >= 0.3 is 11.8 Å². The second-order valence-corrected chi connectivity index (χ2v) is 6.64. The molecule has 0 fully saturated rings. The van der Waals surface area contributed by atoms with Crippen molar-refractivity contribution >= 4 is 39.2 Å². The van der Waals surface area contributed by atoms with Crippen LogP contribution in [0.3, 0.4) is 0 Å². The number of phenolic OH excluding ortho intramolecular Hbond substituents is 1. The van der Waals surface area contributed by atoms with E-state index in [-0.39, 0.29) is 18.1 Å². The average Bonchev–Trinajstić information content (AvgIpc) is 3.11. The predicted molar refractivity (Wildman–Crippen MR) is 109 cm³/mol. The standard InChI is InChI=1S/C22H18FN3O3/c23-14-7-8-18-17(11-14)13(12-25-18)9-10-24-21(28)22(29)26-19-5-1-4-16-15(19)3-2-6-20(16)27/h1-8,11-12,25,27H,9-10H2,(H,24,28)(H,26,29). The molecule has 6 nitrogen and oxygen atoms in total. The summed E-state index contributed by atoms with van der Waals surface area (Å²) < 4.78 is 13.4. The fourth-order valence-electron chi connectivity index (χ4n) is 3.33. The molecule has 1 heterocycles. The molecule has 0 saturated heterocycles. The highest BCUT2D eigenvalue weighted by molar-refractivity contribution is 6.40. The Morgan fingerprint density at radius 2 is 1.76 bits per heavy atom. The number of benzene rings is 3. The fourth-order valence-corrected chi connectivity index (χ4v) is 3.33. The first kappa shape index (κ1) is 18.5. The number of rotatable bonds is 4. The molecular weight excluding hydrogens is 373 g/mol. The normalized spacial score (nSPS) is 10.9. The van der Waals surface area contributed by atoms with Gasteiger partial charge in [0.15, 0.2) is 0 Å². The smallest absolute Gasteiger partial charge is 0.313 e. The Morgan fingerprint density at radius 3 is 2.62 bits per heavy atom. The number of anilines is 1. The minimum Gasteiger partial charge on any atom is -0.507 e. The second kappa shape index (κ2) is 7.63. The summed E-state index contributed by atoms with van der Waals surface area (Å²) in [7, 11) is 0. The molecule has 0 aliphatic heterocycles. The third-order valence-electron chi connectivity index (χ3n) is 4.76. The molecule has 4 rings (SSSR count). The van der Waals surface area contributed by atoms with E-state index in [0.29, 0.717) is 22.9 Å². The van der Waals surface area contributed by atoms with Gasteiger partial charge in [0.25, 0.3) is 0 Å². The van der Waals surface area contributed by atoms with Crippen molar-refractivity contribution in [2.24, 2.45) is 0 Å². The molecule has 1 aromatic heterocycles. The van der Waals surface area contributed by atoms with Crippen LogP contribution in [-0.2, 0) is 16.0 Å². The van der Waals surface area contributed by atoms with E-state index < -0.39 is 11.8 Å². The quantitative estimate of drug-likeness (QED) is 0.401. The van der Waals surface area contributed by atoms with E-state index in [4.69, 9.17) is 0 Å². The van der Waals surface area contributed by atoms with Gasteiger partial charge in [-0.3, -0.25) is 9.59 Å². The molecule has 146 valence electrons. The zero-order valence-electron chi connectivity index (χ0n) is 15.3. The molecule has 3 aromatic carbocycles. The van der Waals surface area contributed by atoms with Gasteiger partial charge in [0.2, 0.25) is 0 Å². The third-order valence-corrected chi connectivity index (χ3v) is 4.76. The molecule has 0 spiro atoms. The van der Waals surface area contributed by atoms with Gasteiger partial charge in [-0.25, -0.2) is 4.39 Å². The first-order valence-corrected chi connectivity index (χ1v) is 9.08. The highest BCUT2D eigenvalue weighted by Gasteiger charge is 2.15. The lowest BCUT2D eigenvalue weighted by molar-refractivity contribution is -0.136. The summed E-state index contributed by atoms with van der Waals surface area (Å²) in [5.74, 6) is -1.81. The zero-order valence-corrected chi connectivity index (χ0v) is 15.3. The largest absolute Gasteiger partial charge is 0.507 e. The number of H-pyrrole nitrogens is 1. The molecule has 0 radical (unpaired) electrons. The Bertz CT molecular complexity index is 1230. The fraction of sp³-hybridized carbons (Fsp3) is 0.0909. The number of aromatic amines is 1. The molecule has 0 saturated carbocycles. The van der Waals surface area contributed by atoms with Crippen LogP contribution < -0.4 is 10.6 Å². The van der Waals surface area contributed by atoms with Crippen molar-refractivity contribution in [3.05, 3.63) is 72.2 Å². The number of nitrogens with one attached hydrogen (secondary N) is 3. The van der Waals surface area contributed by atoms with Gasteiger partial charge < -0.3 is 20.7 Å². The molecule has 0 atom stereocenters. The van der Waals surface area contributed by atoms with Crippen LogP contribution in [0, 0.1) is 5.82 Å². The van der Waals surface area contributed by atoms with E-state index in [0.717, 1.165) is 16.5 Å². The first-order valence-electron chi connectivity index (χ1n) is 9.08. The highest BCUT2D eigenvalue weighted by atomic mass is 19.1. The number of carbonyl (C=O) groups excluding carboxylic acids is 2. The molecule has 4 aromatic rings. The second-order valence-electron chi connectivity index (χ2n) is 6.64. The number of amides is 2. The van der Waals surface area contributed by atoms with Gasteiger partial charge in [-0.1, -0.05) is 24.3 Å². The van der Waals surface area contributed by atoms with Crippen molar-refractivity contribution in [1.82, 2.24) is 10.3 Å². The molecule has 29 heavy (non-hydrogen) atoms. The van der Waals surface area contributed by atoms with E-state index in [9.17, 15) is 19.1 Å². The lowest BCUT2D eigenvalue weighted by atomic mass is 10.1. The van der Waals surface area contributed by atoms with Crippen LogP contribution in [-0.4, -0.2) is 28.4 Å². The van der Waals surface area contributed by atoms with Crippen LogP contribution in [0.15, 0.2) is 60.8 Å². The molecule has 0 aliphatic carbocycles. The summed E-state index contributed by atoms with van der Waals surface area (Å²) in [6.07, 6.45) is 2.21. The first-order chi connectivity index (χ1) is 14.0. The molecule has 0 bridgehead atoms. The Kier molecular flexibility index (Phi) is 4.87. The number of hydrogen-bond donors (Lipinski definition) is 4. The monoisotopic (exact) mass is 391 g/mol. The van der Waals surface area contributed by atoms with Gasteiger partial charge in [-0.2, -0.15) is 0 Å². The summed E-state index contributed by atoms with van der Waals surface area (Å²) in [5, 5.41) is 17.0. The molecule has 7 heteroatoms. The summed E-state index contributed by atoms with van der Waals surface area (Å²) in [5.41, 5.74) is 2.10. The van der Waals surface area contributed by atoms with Gasteiger partial charge in [-0.05, 0) is 42.3 Å². The molecule has 2 amide bonds. The molecule has 0 aliphatic rings. The van der Waals surface area contributed by atoms with Crippen LogP contribution in [0.1, 0.15) is 5.56 Å².